The highest BCUT2D eigenvalue weighted by atomic mass is 32.2. The molecule has 2 aromatic rings. The third-order valence-electron chi connectivity index (χ3n) is 3.88. The van der Waals surface area contributed by atoms with Crippen LogP contribution in [0.25, 0.3) is 10.2 Å². The van der Waals surface area contributed by atoms with Gasteiger partial charge in [0.25, 0.3) is 5.56 Å². The number of methoxy groups -OCH3 is 1. The van der Waals surface area contributed by atoms with Crippen molar-refractivity contribution in [3.8, 4) is 0 Å². The molecule has 2 heterocycles. The summed E-state index contributed by atoms with van der Waals surface area (Å²) in [4.78, 5) is 44.4. The number of amides is 1. The molecule has 2 rings (SSSR count). The number of aryl methyl sites for hydroxylation is 2. The van der Waals surface area contributed by atoms with Crippen molar-refractivity contribution < 1.29 is 19.4 Å². The molecule has 8 nitrogen and oxygen atoms in total. The van der Waals surface area contributed by atoms with Crippen LogP contribution in [0.5, 0.6) is 0 Å². The third-order valence-corrected chi connectivity index (χ3v) is 6.13. The Kier molecular flexibility index (Phi) is 6.79. The number of ether oxygens (including phenoxy) is 1. The summed E-state index contributed by atoms with van der Waals surface area (Å²) in [5.41, 5.74) is 0.749. The van der Waals surface area contributed by atoms with Gasteiger partial charge < -0.3 is 20.1 Å². The highest BCUT2D eigenvalue weighted by Gasteiger charge is 2.23. The van der Waals surface area contributed by atoms with Crippen molar-refractivity contribution in [2.24, 2.45) is 0 Å². The highest BCUT2D eigenvalue weighted by molar-refractivity contribution is 7.99. The number of fused-ring (bicyclic) bond motifs is 1. The summed E-state index contributed by atoms with van der Waals surface area (Å²) in [6, 6.07) is -1.10. The molecule has 142 valence electrons. The van der Waals surface area contributed by atoms with Crippen LogP contribution < -0.4 is 10.9 Å². The molecule has 0 radical (unpaired) electrons. The summed E-state index contributed by atoms with van der Waals surface area (Å²) in [7, 11) is 1.37. The molecule has 0 saturated heterocycles. The number of thioether (sulfide) groups is 1. The zero-order valence-corrected chi connectivity index (χ0v) is 16.5. The first-order chi connectivity index (χ1) is 12.2. The zero-order chi connectivity index (χ0) is 19.4. The molecule has 3 N–H and O–H groups in total. The van der Waals surface area contributed by atoms with Gasteiger partial charge in [0.1, 0.15) is 10.7 Å². The number of thiophene rings is 1. The Bertz CT molecular complexity index is 877. The summed E-state index contributed by atoms with van der Waals surface area (Å²) in [5, 5.41) is 11.6. The van der Waals surface area contributed by atoms with Crippen molar-refractivity contribution in [1.29, 1.82) is 0 Å². The minimum Gasteiger partial charge on any atom is -0.480 e. The lowest BCUT2D eigenvalue weighted by Gasteiger charge is -2.16. The lowest BCUT2D eigenvalue weighted by molar-refractivity contribution is -0.143. The minimum atomic E-state index is -1.16. The third kappa shape index (κ3) is 4.63. The molecule has 2 aromatic heterocycles. The molecule has 0 fully saturated rings. The van der Waals surface area contributed by atoms with E-state index < -0.39 is 23.2 Å². The molecule has 0 aliphatic rings. The van der Waals surface area contributed by atoms with Gasteiger partial charge in [0.05, 0.1) is 23.0 Å². The maximum absolute atomic E-state index is 12.2. The van der Waals surface area contributed by atoms with Gasteiger partial charge in [-0.15, -0.1) is 23.1 Å². The van der Waals surface area contributed by atoms with Crippen LogP contribution in [-0.4, -0.2) is 52.0 Å². The van der Waals surface area contributed by atoms with Crippen molar-refractivity contribution in [2.75, 3.05) is 13.7 Å². The topological polar surface area (TPSA) is 121 Å². The van der Waals surface area contributed by atoms with Gasteiger partial charge in [-0.05, 0) is 26.3 Å². The second-order valence-corrected chi connectivity index (χ2v) is 8.32. The molecule has 2 atom stereocenters. The van der Waals surface area contributed by atoms with Gasteiger partial charge in [-0.1, -0.05) is 0 Å². The molecule has 0 aliphatic carbocycles. The fourth-order valence-corrected chi connectivity index (χ4v) is 4.09. The molecule has 0 spiro atoms. The van der Waals surface area contributed by atoms with Gasteiger partial charge in [0, 0.05) is 12.0 Å². The van der Waals surface area contributed by atoms with Crippen LogP contribution in [0.1, 0.15) is 23.2 Å². The fraction of sp³-hybridized carbons (Fsp3) is 0.500. The Morgan fingerprint density at radius 3 is 2.73 bits per heavy atom. The predicted molar refractivity (Wildman–Crippen MR) is 102 cm³/mol. The number of aromatic nitrogens is 2. The summed E-state index contributed by atoms with van der Waals surface area (Å²) in [5.74, 6) is -0.749. The van der Waals surface area contributed by atoms with E-state index in [1.807, 2.05) is 13.8 Å². The molecule has 2 unspecified atom stereocenters. The number of aliphatic carboxylic acids is 1. The van der Waals surface area contributed by atoms with Crippen LogP contribution in [0.15, 0.2) is 4.79 Å². The first-order valence-corrected chi connectivity index (χ1v) is 9.73. The smallest absolute Gasteiger partial charge is 0.328 e. The van der Waals surface area contributed by atoms with E-state index in [0.717, 1.165) is 10.4 Å². The molecule has 0 saturated carbocycles. The Morgan fingerprint density at radius 1 is 1.42 bits per heavy atom. The first-order valence-electron chi connectivity index (χ1n) is 7.87. The quantitative estimate of drug-likeness (QED) is 0.614. The van der Waals surface area contributed by atoms with Crippen molar-refractivity contribution in [2.45, 2.75) is 37.8 Å². The summed E-state index contributed by atoms with van der Waals surface area (Å²) in [6.45, 7) is 5.40. The lowest BCUT2D eigenvalue weighted by atomic mass is 10.2. The monoisotopic (exact) mass is 399 g/mol. The second-order valence-electron chi connectivity index (χ2n) is 5.78. The number of carboxylic acids is 1. The van der Waals surface area contributed by atoms with E-state index in [0.29, 0.717) is 21.8 Å². The van der Waals surface area contributed by atoms with Crippen LogP contribution in [0.4, 0.5) is 0 Å². The van der Waals surface area contributed by atoms with Gasteiger partial charge in [0.15, 0.2) is 6.04 Å². The van der Waals surface area contributed by atoms with Gasteiger partial charge in [-0.3, -0.25) is 9.59 Å². The fourth-order valence-electron chi connectivity index (χ4n) is 2.28. The second kappa shape index (κ2) is 8.65. The van der Waals surface area contributed by atoms with Gasteiger partial charge >= 0.3 is 5.97 Å². The van der Waals surface area contributed by atoms with Crippen molar-refractivity contribution in [1.82, 2.24) is 15.3 Å². The van der Waals surface area contributed by atoms with Gasteiger partial charge in [-0.2, -0.15) is 0 Å². The van der Waals surface area contributed by atoms with Crippen LogP contribution in [0.2, 0.25) is 0 Å². The van der Waals surface area contributed by atoms with Gasteiger partial charge in [0.2, 0.25) is 5.91 Å². The number of nitrogens with zero attached hydrogens (tertiary/aromatic N) is 1. The SMILES string of the molecule is COCC(NC(=O)C(C)SCc1nc2sc(C)c(C)c2c(=O)[nH]1)C(=O)O. The number of rotatable bonds is 8. The average Bonchev–Trinajstić information content (AvgIpc) is 2.86. The van der Waals surface area contributed by atoms with Crippen LogP contribution in [-0.2, 0) is 20.1 Å². The minimum absolute atomic E-state index is 0.110. The van der Waals surface area contributed by atoms with Crippen LogP contribution >= 0.6 is 23.1 Å². The molecular weight excluding hydrogens is 378 g/mol. The van der Waals surface area contributed by atoms with E-state index in [9.17, 15) is 14.4 Å². The molecule has 26 heavy (non-hydrogen) atoms. The highest BCUT2D eigenvalue weighted by Crippen LogP contribution is 2.26. The Morgan fingerprint density at radius 2 is 2.12 bits per heavy atom. The van der Waals surface area contributed by atoms with Crippen molar-refractivity contribution >= 4 is 45.2 Å². The number of aromatic amines is 1. The average molecular weight is 399 g/mol. The molecule has 0 aliphatic heterocycles. The normalized spacial score (nSPS) is 13.5. The van der Waals surface area contributed by atoms with E-state index in [1.165, 1.54) is 30.2 Å². The zero-order valence-electron chi connectivity index (χ0n) is 14.9. The van der Waals surface area contributed by atoms with E-state index >= 15 is 0 Å². The van der Waals surface area contributed by atoms with E-state index in [4.69, 9.17) is 9.84 Å². The van der Waals surface area contributed by atoms with Crippen molar-refractivity contribution in [3.63, 3.8) is 0 Å². The van der Waals surface area contributed by atoms with Gasteiger partial charge in [-0.25, -0.2) is 9.78 Å². The maximum atomic E-state index is 12.2. The summed E-state index contributed by atoms with van der Waals surface area (Å²) >= 11 is 2.73. The number of carboxylic acid groups (broad SMARTS) is 1. The Hall–Kier alpha value is -1.91. The first kappa shape index (κ1) is 20.4. The van der Waals surface area contributed by atoms with E-state index in [2.05, 4.69) is 15.3 Å². The number of H-pyrrole nitrogens is 1. The molecule has 0 bridgehead atoms. The maximum Gasteiger partial charge on any atom is 0.328 e. The number of carbonyl (C=O) groups excluding carboxylic acids is 1. The van der Waals surface area contributed by atoms with Crippen molar-refractivity contribution in [3.05, 3.63) is 26.6 Å². The Labute approximate surface area is 158 Å². The number of hydrogen-bond donors (Lipinski definition) is 3. The van der Waals surface area contributed by atoms with E-state index in [1.54, 1.807) is 6.92 Å². The largest absolute Gasteiger partial charge is 0.480 e. The molecule has 10 heteroatoms. The van der Waals surface area contributed by atoms with Crippen LogP contribution in [0.3, 0.4) is 0 Å². The van der Waals surface area contributed by atoms with Crippen LogP contribution in [0, 0.1) is 13.8 Å². The predicted octanol–water partition coefficient (Wildman–Crippen LogP) is 1.44. The number of hydrogen-bond acceptors (Lipinski definition) is 7. The molecule has 1 amide bonds. The summed E-state index contributed by atoms with van der Waals surface area (Å²) < 4.78 is 4.79. The standard InChI is InChI=1S/C16H21N3O5S2/c1-7-8(2)26-15-12(7)14(21)18-11(19-15)6-25-9(3)13(20)17-10(5-24-4)16(22)23/h9-10H,5-6H2,1-4H3,(H,17,20)(H,22,23)(H,18,19,21). The molecule has 0 aromatic carbocycles. The Balaban J connectivity index is 2.03. The number of nitrogens with one attached hydrogen (secondary N) is 2. The van der Waals surface area contributed by atoms with E-state index in [-0.39, 0.29) is 12.2 Å². The summed E-state index contributed by atoms with van der Waals surface area (Å²) in [6.07, 6.45) is 0. The number of carbonyl (C=O) groups is 2. The lowest BCUT2D eigenvalue weighted by Crippen LogP contribution is -2.46. The molecular formula is C16H21N3O5S2.